The third-order valence-electron chi connectivity index (χ3n) is 3.05. The second-order valence-electron chi connectivity index (χ2n) is 4.07. The van der Waals surface area contributed by atoms with Crippen molar-refractivity contribution >= 4 is 12.4 Å². The van der Waals surface area contributed by atoms with Gasteiger partial charge in [-0.15, -0.1) is 12.4 Å². The van der Waals surface area contributed by atoms with Gasteiger partial charge in [0.25, 0.3) is 0 Å². The molecule has 0 aromatic heterocycles. The van der Waals surface area contributed by atoms with Gasteiger partial charge < -0.3 is 15.6 Å². The summed E-state index contributed by atoms with van der Waals surface area (Å²) in [5, 5.41) is 9.19. The van der Waals surface area contributed by atoms with Crippen molar-refractivity contribution in [1.29, 1.82) is 0 Å². The predicted octanol–water partition coefficient (Wildman–Crippen LogP) is 2.24. The Morgan fingerprint density at radius 2 is 1.75 bits per heavy atom. The van der Waals surface area contributed by atoms with E-state index in [-0.39, 0.29) is 24.2 Å². The van der Waals surface area contributed by atoms with Crippen LogP contribution in [0.3, 0.4) is 0 Å². The first-order chi connectivity index (χ1) is 7.27. The summed E-state index contributed by atoms with van der Waals surface area (Å²) in [6, 6.07) is 7.24. The lowest BCUT2D eigenvalue weighted by molar-refractivity contribution is 0.0584. The lowest BCUT2D eigenvalue weighted by Gasteiger charge is -2.27. The summed E-state index contributed by atoms with van der Waals surface area (Å²) in [6.07, 6.45) is 2.06. The fraction of sp³-hybridized carbons (Fsp3) is 0.500. The number of hydrogen-bond donors (Lipinski definition) is 2. The quantitative estimate of drug-likeness (QED) is 0.838. The molecular weight excluding hydrogens is 226 g/mol. The van der Waals surface area contributed by atoms with E-state index in [1.165, 1.54) is 0 Å². The number of halogens is 1. The molecule has 16 heavy (non-hydrogen) atoms. The average molecular weight is 244 g/mol. The van der Waals surface area contributed by atoms with Crippen molar-refractivity contribution < 1.29 is 9.84 Å². The van der Waals surface area contributed by atoms with Gasteiger partial charge in [0.2, 0.25) is 0 Å². The topological polar surface area (TPSA) is 55.5 Å². The van der Waals surface area contributed by atoms with Gasteiger partial charge in [0.1, 0.15) is 5.75 Å². The minimum absolute atomic E-state index is 0. The van der Waals surface area contributed by atoms with Crippen molar-refractivity contribution in [2.24, 2.45) is 11.7 Å². The molecule has 1 aromatic carbocycles. The van der Waals surface area contributed by atoms with E-state index in [9.17, 15) is 5.11 Å². The second-order valence-corrected chi connectivity index (χ2v) is 4.07. The molecule has 1 atom stereocenters. The van der Waals surface area contributed by atoms with Crippen molar-refractivity contribution in [3.8, 4) is 5.75 Å². The Labute approximate surface area is 102 Å². The maximum Gasteiger partial charge on any atom is 0.115 e. The normalized spacial score (nSPS) is 18.8. The van der Waals surface area contributed by atoms with E-state index < -0.39 is 0 Å². The number of phenols is 1. The van der Waals surface area contributed by atoms with Crippen LogP contribution in [0, 0.1) is 5.92 Å². The van der Waals surface area contributed by atoms with Crippen LogP contribution in [0.4, 0.5) is 0 Å². The average Bonchev–Trinajstić information content (AvgIpc) is 2.30. The van der Waals surface area contributed by atoms with Crippen LogP contribution in [-0.4, -0.2) is 18.3 Å². The van der Waals surface area contributed by atoms with Crippen molar-refractivity contribution in [3.63, 3.8) is 0 Å². The van der Waals surface area contributed by atoms with E-state index in [4.69, 9.17) is 10.5 Å². The molecule has 3 nitrogen and oxygen atoms in total. The summed E-state index contributed by atoms with van der Waals surface area (Å²) >= 11 is 0. The summed E-state index contributed by atoms with van der Waals surface area (Å²) < 4.78 is 5.31. The van der Waals surface area contributed by atoms with Crippen LogP contribution in [0.5, 0.6) is 5.75 Å². The first-order valence-corrected chi connectivity index (χ1v) is 5.39. The van der Waals surface area contributed by atoms with Crippen molar-refractivity contribution in [1.82, 2.24) is 0 Å². The molecule has 2 rings (SSSR count). The van der Waals surface area contributed by atoms with Crippen LogP contribution >= 0.6 is 12.4 Å². The highest BCUT2D eigenvalue weighted by molar-refractivity contribution is 5.85. The van der Waals surface area contributed by atoms with Gasteiger partial charge in [-0.3, -0.25) is 0 Å². The lowest BCUT2D eigenvalue weighted by atomic mass is 9.88. The highest BCUT2D eigenvalue weighted by Crippen LogP contribution is 2.28. The number of nitrogens with two attached hydrogens (primary N) is 1. The van der Waals surface area contributed by atoms with Gasteiger partial charge in [-0.2, -0.15) is 0 Å². The van der Waals surface area contributed by atoms with Gasteiger partial charge in [0.15, 0.2) is 0 Å². The Morgan fingerprint density at radius 1 is 1.19 bits per heavy atom. The van der Waals surface area contributed by atoms with Crippen molar-refractivity contribution in [2.75, 3.05) is 13.2 Å². The van der Waals surface area contributed by atoms with E-state index in [2.05, 4.69) is 0 Å². The molecule has 0 aliphatic carbocycles. The monoisotopic (exact) mass is 243 g/mol. The molecule has 0 bridgehead atoms. The number of ether oxygens (including phenoxy) is 1. The minimum atomic E-state index is 0. The number of rotatable bonds is 2. The van der Waals surface area contributed by atoms with Crippen LogP contribution in [0.1, 0.15) is 24.4 Å². The molecule has 1 aliphatic heterocycles. The largest absolute Gasteiger partial charge is 0.508 e. The number of hydrogen-bond acceptors (Lipinski definition) is 3. The fourth-order valence-corrected chi connectivity index (χ4v) is 2.04. The number of benzene rings is 1. The van der Waals surface area contributed by atoms with Gasteiger partial charge in [0.05, 0.1) is 0 Å². The summed E-state index contributed by atoms with van der Waals surface area (Å²) in [6.45, 7) is 1.63. The first-order valence-electron chi connectivity index (χ1n) is 5.39. The van der Waals surface area contributed by atoms with Crippen LogP contribution in [0.25, 0.3) is 0 Å². The smallest absolute Gasteiger partial charge is 0.115 e. The number of aromatic hydroxyl groups is 1. The van der Waals surface area contributed by atoms with Gasteiger partial charge >= 0.3 is 0 Å². The molecule has 1 aromatic rings. The van der Waals surface area contributed by atoms with Crippen LogP contribution in [0.15, 0.2) is 24.3 Å². The van der Waals surface area contributed by atoms with Crippen LogP contribution in [0.2, 0.25) is 0 Å². The second kappa shape index (κ2) is 6.09. The molecule has 1 fully saturated rings. The molecule has 3 N–H and O–H groups in total. The van der Waals surface area contributed by atoms with Crippen LogP contribution < -0.4 is 5.73 Å². The highest BCUT2D eigenvalue weighted by Gasteiger charge is 2.21. The van der Waals surface area contributed by atoms with E-state index in [1.807, 2.05) is 12.1 Å². The van der Waals surface area contributed by atoms with Gasteiger partial charge in [-0.05, 0) is 36.5 Å². The zero-order valence-electron chi connectivity index (χ0n) is 9.13. The third-order valence-corrected chi connectivity index (χ3v) is 3.05. The van der Waals surface area contributed by atoms with Gasteiger partial charge in [-0.25, -0.2) is 0 Å². The maximum atomic E-state index is 9.19. The van der Waals surface area contributed by atoms with Crippen molar-refractivity contribution in [3.05, 3.63) is 29.8 Å². The van der Waals surface area contributed by atoms with Crippen LogP contribution in [-0.2, 0) is 4.74 Å². The summed E-state index contributed by atoms with van der Waals surface area (Å²) in [7, 11) is 0. The lowest BCUT2D eigenvalue weighted by Crippen LogP contribution is -2.27. The standard InChI is InChI=1S/C12H17NO2.ClH/c13-12(10-5-7-15-8-6-10)9-1-3-11(14)4-2-9;/h1-4,10,12,14H,5-8,13H2;1H/t12-;/m1./s1. The summed E-state index contributed by atoms with van der Waals surface area (Å²) in [4.78, 5) is 0. The van der Waals surface area contributed by atoms with Gasteiger partial charge in [-0.1, -0.05) is 12.1 Å². The van der Waals surface area contributed by atoms with E-state index in [0.717, 1.165) is 31.6 Å². The van der Waals surface area contributed by atoms with E-state index in [0.29, 0.717) is 5.92 Å². The zero-order valence-corrected chi connectivity index (χ0v) is 9.95. The molecule has 1 aliphatic rings. The Kier molecular flexibility index (Phi) is 5.06. The molecular formula is C12H18ClNO2. The van der Waals surface area contributed by atoms with Crippen molar-refractivity contribution in [2.45, 2.75) is 18.9 Å². The molecule has 90 valence electrons. The predicted molar refractivity (Wildman–Crippen MR) is 65.8 cm³/mol. The molecule has 0 radical (unpaired) electrons. The Bertz CT molecular complexity index is 309. The molecule has 0 amide bonds. The van der Waals surface area contributed by atoms with E-state index >= 15 is 0 Å². The molecule has 0 spiro atoms. The molecule has 4 heteroatoms. The Hall–Kier alpha value is -0.770. The Balaban J connectivity index is 0.00000128. The maximum absolute atomic E-state index is 9.19. The molecule has 0 unspecified atom stereocenters. The molecule has 0 saturated carbocycles. The summed E-state index contributed by atoms with van der Waals surface area (Å²) in [5.41, 5.74) is 7.28. The molecule has 1 saturated heterocycles. The first kappa shape index (κ1) is 13.3. The van der Waals surface area contributed by atoms with E-state index in [1.54, 1.807) is 12.1 Å². The molecule has 1 heterocycles. The fourth-order valence-electron chi connectivity index (χ4n) is 2.04. The van der Waals surface area contributed by atoms with Gasteiger partial charge in [0, 0.05) is 19.3 Å². The summed E-state index contributed by atoms with van der Waals surface area (Å²) in [5.74, 6) is 0.793. The number of phenolic OH excluding ortho intramolecular Hbond substituents is 1. The Morgan fingerprint density at radius 3 is 2.31 bits per heavy atom. The third kappa shape index (κ3) is 3.11. The SMILES string of the molecule is Cl.N[C@H](c1ccc(O)cc1)C1CCOCC1. The zero-order chi connectivity index (χ0) is 10.7. The minimum Gasteiger partial charge on any atom is -0.508 e. The highest BCUT2D eigenvalue weighted by atomic mass is 35.5.